The molecule has 2 fully saturated rings. The molecule has 6 nitrogen and oxygen atoms in total. The van der Waals surface area contributed by atoms with Crippen LogP contribution in [0.5, 0.6) is 0 Å². The molecule has 0 spiro atoms. The number of para-hydroxylation sites is 1. The van der Waals surface area contributed by atoms with Crippen LogP contribution in [-0.4, -0.2) is 62.6 Å². The van der Waals surface area contributed by atoms with Gasteiger partial charge < -0.3 is 20.4 Å². The summed E-state index contributed by atoms with van der Waals surface area (Å²) in [5, 5.41) is 6.94. The van der Waals surface area contributed by atoms with Crippen molar-refractivity contribution in [1.82, 2.24) is 15.5 Å². The average molecular weight is 527 g/mol. The van der Waals surface area contributed by atoms with E-state index < -0.39 is 0 Å². The molecule has 168 valence electrons. The Morgan fingerprint density at radius 3 is 2.60 bits per heavy atom. The smallest absolute Gasteiger partial charge is 0.225 e. The maximum Gasteiger partial charge on any atom is 0.225 e. The van der Waals surface area contributed by atoms with Crippen LogP contribution in [0, 0.1) is 5.92 Å². The molecule has 1 aliphatic carbocycles. The number of likely N-dealkylation sites (tertiary alicyclic amines) is 1. The predicted molar refractivity (Wildman–Crippen MR) is 136 cm³/mol. The molecule has 0 bridgehead atoms. The van der Waals surface area contributed by atoms with Gasteiger partial charge in [-0.05, 0) is 44.7 Å². The first-order valence-corrected chi connectivity index (χ1v) is 11.3. The highest BCUT2D eigenvalue weighted by Crippen LogP contribution is 2.27. The molecule has 1 atom stereocenters. The molecular weight excluding hydrogens is 489 g/mol. The van der Waals surface area contributed by atoms with E-state index in [-0.39, 0.29) is 29.9 Å². The Morgan fingerprint density at radius 2 is 1.93 bits per heavy atom. The predicted octanol–water partition coefficient (Wildman–Crippen LogP) is 3.48. The van der Waals surface area contributed by atoms with E-state index in [1.807, 2.05) is 7.05 Å². The first-order chi connectivity index (χ1) is 14.2. The third-order valence-corrected chi connectivity index (χ3v) is 6.17. The Hall–Kier alpha value is -1.51. The largest absolute Gasteiger partial charge is 0.372 e. The normalized spacial score (nSPS) is 19.5. The lowest BCUT2D eigenvalue weighted by molar-refractivity contribution is -0.134. The second-order valence-corrected chi connectivity index (χ2v) is 8.16. The number of anilines is 1. The van der Waals surface area contributed by atoms with Crippen molar-refractivity contribution in [1.29, 1.82) is 0 Å². The van der Waals surface area contributed by atoms with E-state index in [1.165, 1.54) is 18.5 Å². The van der Waals surface area contributed by atoms with Gasteiger partial charge in [-0.1, -0.05) is 31.0 Å². The van der Waals surface area contributed by atoms with E-state index in [4.69, 9.17) is 0 Å². The van der Waals surface area contributed by atoms with Crippen molar-refractivity contribution in [3.63, 3.8) is 0 Å². The van der Waals surface area contributed by atoms with Gasteiger partial charge in [0.25, 0.3) is 0 Å². The Kier molecular flexibility index (Phi) is 10.7. The highest BCUT2D eigenvalue weighted by Gasteiger charge is 2.32. The minimum atomic E-state index is 0. The zero-order chi connectivity index (χ0) is 20.5. The standard InChI is InChI=1S/C23H37N5O.HI/c1-3-27(21-12-5-4-6-13-21)16-9-15-25-23(24-2)26-20-14-17-28(18-20)22(29)19-10-7-8-11-19;/h4-6,12-13,19-20H,3,7-11,14-18H2,1-2H3,(H2,24,25,26);1H. The molecule has 1 unspecified atom stereocenters. The number of rotatable bonds is 8. The summed E-state index contributed by atoms with van der Waals surface area (Å²) in [5.74, 6) is 1.49. The Labute approximate surface area is 198 Å². The average Bonchev–Trinajstić information content (AvgIpc) is 3.45. The Balaban J connectivity index is 0.00000320. The van der Waals surface area contributed by atoms with Crippen molar-refractivity contribution >= 4 is 41.5 Å². The lowest BCUT2D eigenvalue weighted by atomic mass is 10.1. The molecule has 1 saturated carbocycles. The van der Waals surface area contributed by atoms with Crippen molar-refractivity contribution in [3.8, 4) is 0 Å². The van der Waals surface area contributed by atoms with Gasteiger partial charge in [0.1, 0.15) is 0 Å². The maximum absolute atomic E-state index is 12.6. The van der Waals surface area contributed by atoms with Crippen LogP contribution in [0.4, 0.5) is 5.69 Å². The highest BCUT2D eigenvalue weighted by atomic mass is 127. The summed E-state index contributed by atoms with van der Waals surface area (Å²) >= 11 is 0. The molecule has 2 aliphatic rings. The minimum absolute atomic E-state index is 0. The highest BCUT2D eigenvalue weighted by molar-refractivity contribution is 14.0. The number of aliphatic imine (C=N–C) groups is 1. The van der Waals surface area contributed by atoms with Crippen molar-refractivity contribution < 1.29 is 4.79 Å². The van der Waals surface area contributed by atoms with Crippen molar-refractivity contribution in [2.24, 2.45) is 10.9 Å². The molecule has 0 aromatic heterocycles. The Bertz CT molecular complexity index is 663. The summed E-state index contributed by atoms with van der Waals surface area (Å²) in [4.78, 5) is 21.4. The van der Waals surface area contributed by atoms with Gasteiger partial charge in [-0.15, -0.1) is 24.0 Å². The summed E-state index contributed by atoms with van der Waals surface area (Å²) < 4.78 is 0. The van der Waals surface area contributed by atoms with Crippen LogP contribution in [0.15, 0.2) is 35.3 Å². The number of hydrogen-bond acceptors (Lipinski definition) is 3. The second kappa shape index (κ2) is 13.0. The molecule has 1 heterocycles. The third-order valence-electron chi connectivity index (χ3n) is 6.17. The topological polar surface area (TPSA) is 60.0 Å². The SMILES string of the molecule is CCN(CCCNC(=NC)NC1CCN(C(=O)C2CCCC2)C1)c1ccccc1.I. The van der Waals surface area contributed by atoms with E-state index in [1.54, 1.807) is 0 Å². The number of amides is 1. The fraction of sp³-hybridized carbons (Fsp3) is 0.652. The van der Waals surface area contributed by atoms with E-state index in [2.05, 4.69) is 62.7 Å². The zero-order valence-corrected chi connectivity index (χ0v) is 20.8. The van der Waals surface area contributed by atoms with Crippen LogP contribution in [0.25, 0.3) is 0 Å². The van der Waals surface area contributed by atoms with E-state index in [0.717, 1.165) is 64.4 Å². The van der Waals surface area contributed by atoms with Crippen LogP contribution in [0.1, 0.15) is 45.4 Å². The monoisotopic (exact) mass is 527 g/mol. The fourth-order valence-corrected chi connectivity index (χ4v) is 4.48. The molecule has 2 N–H and O–H groups in total. The molecule has 1 saturated heterocycles. The molecule has 1 aromatic carbocycles. The number of halogens is 1. The lowest BCUT2D eigenvalue weighted by Crippen LogP contribution is -2.46. The summed E-state index contributed by atoms with van der Waals surface area (Å²) in [6, 6.07) is 10.9. The quantitative estimate of drug-likeness (QED) is 0.235. The van der Waals surface area contributed by atoms with Crippen molar-refractivity contribution in [3.05, 3.63) is 30.3 Å². The number of guanidine groups is 1. The maximum atomic E-state index is 12.6. The summed E-state index contributed by atoms with van der Waals surface area (Å²) in [6.45, 7) is 6.75. The van der Waals surface area contributed by atoms with Crippen LogP contribution < -0.4 is 15.5 Å². The van der Waals surface area contributed by atoms with Gasteiger partial charge in [0.15, 0.2) is 5.96 Å². The van der Waals surface area contributed by atoms with Crippen LogP contribution in [0.2, 0.25) is 0 Å². The third kappa shape index (κ3) is 7.03. The van der Waals surface area contributed by atoms with Crippen LogP contribution in [-0.2, 0) is 4.79 Å². The van der Waals surface area contributed by atoms with Gasteiger partial charge in [0, 0.05) is 57.4 Å². The van der Waals surface area contributed by atoms with Gasteiger partial charge in [-0.3, -0.25) is 9.79 Å². The molecular formula is C23H38IN5O. The fourth-order valence-electron chi connectivity index (χ4n) is 4.48. The van der Waals surface area contributed by atoms with Crippen molar-refractivity contribution in [2.75, 3.05) is 44.7 Å². The first kappa shape index (κ1) is 24.8. The molecule has 1 amide bonds. The van der Waals surface area contributed by atoms with Crippen LogP contribution in [0.3, 0.4) is 0 Å². The number of hydrogen-bond donors (Lipinski definition) is 2. The van der Waals surface area contributed by atoms with E-state index >= 15 is 0 Å². The lowest BCUT2D eigenvalue weighted by Gasteiger charge is -2.24. The molecule has 1 aromatic rings. The van der Waals surface area contributed by atoms with Gasteiger partial charge in [0.05, 0.1) is 0 Å². The van der Waals surface area contributed by atoms with Gasteiger partial charge in [-0.2, -0.15) is 0 Å². The molecule has 30 heavy (non-hydrogen) atoms. The number of carbonyl (C=O) groups is 1. The molecule has 1 aliphatic heterocycles. The summed E-state index contributed by atoms with van der Waals surface area (Å²) in [5.41, 5.74) is 1.27. The summed E-state index contributed by atoms with van der Waals surface area (Å²) in [7, 11) is 1.81. The molecule has 3 rings (SSSR count). The number of nitrogens with zero attached hydrogens (tertiary/aromatic N) is 3. The van der Waals surface area contributed by atoms with Crippen LogP contribution >= 0.6 is 24.0 Å². The molecule has 0 radical (unpaired) electrons. The van der Waals surface area contributed by atoms with E-state index in [9.17, 15) is 4.79 Å². The van der Waals surface area contributed by atoms with Gasteiger partial charge in [0.2, 0.25) is 5.91 Å². The minimum Gasteiger partial charge on any atom is -0.372 e. The first-order valence-electron chi connectivity index (χ1n) is 11.3. The number of carbonyl (C=O) groups excluding carboxylic acids is 1. The summed E-state index contributed by atoms with van der Waals surface area (Å²) in [6.07, 6.45) is 6.62. The van der Waals surface area contributed by atoms with Crippen molar-refractivity contribution in [2.45, 2.75) is 51.5 Å². The van der Waals surface area contributed by atoms with Gasteiger partial charge >= 0.3 is 0 Å². The zero-order valence-electron chi connectivity index (χ0n) is 18.5. The van der Waals surface area contributed by atoms with Gasteiger partial charge in [-0.25, -0.2) is 0 Å². The van der Waals surface area contributed by atoms with E-state index in [0.29, 0.717) is 11.9 Å². The number of benzene rings is 1. The molecule has 7 heteroatoms. The number of nitrogens with one attached hydrogen (secondary N) is 2. The Morgan fingerprint density at radius 1 is 1.20 bits per heavy atom. The second-order valence-electron chi connectivity index (χ2n) is 8.16.